The molecule has 0 fully saturated rings. The van der Waals surface area contributed by atoms with E-state index in [4.69, 9.17) is 24.8 Å². The first-order chi connectivity index (χ1) is 25.9. The molecule has 0 saturated heterocycles. The molecule has 5 atom stereocenters. The number of hydrogen-bond donors (Lipinski definition) is 3. The number of halogens is 2. The Kier molecular flexibility index (Phi) is 36.4. The lowest BCUT2D eigenvalue weighted by molar-refractivity contribution is -0.161. The minimum atomic E-state index is -4.72. The minimum absolute atomic E-state index is 0.146. The molecule has 0 amide bonds. The number of carboxylic acid groups (broad SMARTS) is 1. The molecule has 0 aromatic heterocycles. The Morgan fingerprint density at radius 3 is 1.37 bits per heavy atom. The predicted molar refractivity (Wildman–Crippen MR) is 224 cm³/mol. The number of alkyl halides is 2. The molecule has 0 aliphatic rings. The summed E-state index contributed by atoms with van der Waals surface area (Å²) in [6.07, 6.45) is 29.4. The van der Waals surface area contributed by atoms with Crippen LogP contribution in [0.25, 0.3) is 0 Å². The monoisotopic (exact) mass is 919 g/mol. The molecule has 4 N–H and O–H groups in total. The molecule has 0 rings (SSSR count). The third kappa shape index (κ3) is 34.7. The molecular formula is C40H76Br2NO10P. The summed E-state index contributed by atoms with van der Waals surface area (Å²) in [7, 11) is -4.72. The van der Waals surface area contributed by atoms with Gasteiger partial charge >= 0.3 is 25.7 Å². The molecule has 0 spiro atoms. The van der Waals surface area contributed by atoms with Crippen LogP contribution in [0.15, 0.2) is 0 Å². The lowest BCUT2D eigenvalue weighted by Gasteiger charge is -2.20. The van der Waals surface area contributed by atoms with Crippen molar-refractivity contribution >= 4 is 57.6 Å². The van der Waals surface area contributed by atoms with E-state index in [1.54, 1.807) is 0 Å². The zero-order chi connectivity index (χ0) is 40.3. The number of esters is 2. The third-order valence-corrected chi connectivity index (χ3v) is 13.3. The highest BCUT2D eigenvalue weighted by Gasteiger charge is 2.28. The number of unbranched alkanes of at least 4 members (excludes halogenated alkanes) is 21. The summed E-state index contributed by atoms with van der Waals surface area (Å²) >= 11 is 7.70. The van der Waals surface area contributed by atoms with Crippen LogP contribution in [-0.4, -0.2) is 69.5 Å². The standard InChI is InChI=1S/C40H76Br2NO10P/c1-3-5-7-9-11-12-13-14-15-16-17-21-25-29-38(44)50-31-34(32-51-54(48,49)52-33-37(43)40(46)47)53-39(45)30-26-22-18-20-24-28-36(42)35(41)27-23-19-10-8-6-4-2/h34-37H,3-33,43H2,1-2H3,(H,46,47)(H,48,49)/t34-,35?,36?,37+/m1/s1. The van der Waals surface area contributed by atoms with Crippen molar-refractivity contribution in [2.75, 3.05) is 19.8 Å². The second-order valence-electron chi connectivity index (χ2n) is 14.7. The van der Waals surface area contributed by atoms with Crippen LogP contribution < -0.4 is 5.73 Å². The van der Waals surface area contributed by atoms with Crippen molar-refractivity contribution in [3.63, 3.8) is 0 Å². The molecule has 0 aliphatic heterocycles. The van der Waals surface area contributed by atoms with Gasteiger partial charge in [-0.05, 0) is 25.7 Å². The largest absolute Gasteiger partial charge is 0.480 e. The van der Waals surface area contributed by atoms with Crippen LogP contribution >= 0.6 is 39.7 Å². The van der Waals surface area contributed by atoms with Crippen molar-refractivity contribution < 1.29 is 47.5 Å². The molecule has 3 unspecified atom stereocenters. The molecule has 0 aliphatic carbocycles. The van der Waals surface area contributed by atoms with Crippen molar-refractivity contribution in [1.29, 1.82) is 0 Å². The van der Waals surface area contributed by atoms with E-state index in [1.807, 2.05) is 0 Å². The van der Waals surface area contributed by atoms with Crippen molar-refractivity contribution in [3.05, 3.63) is 0 Å². The summed E-state index contributed by atoms with van der Waals surface area (Å²) in [5.41, 5.74) is 5.33. The van der Waals surface area contributed by atoms with Gasteiger partial charge in [0.1, 0.15) is 12.6 Å². The zero-order valence-corrected chi connectivity index (χ0v) is 37.7. The Hall–Kier alpha value is -0.560. The third-order valence-electron chi connectivity index (χ3n) is 9.46. The first kappa shape index (κ1) is 53.4. The Morgan fingerprint density at radius 2 is 0.944 bits per heavy atom. The molecule has 320 valence electrons. The van der Waals surface area contributed by atoms with E-state index in [0.29, 0.717) is 22.5 Å². The molecule has 14 heteroatoms. The van der Waals surface area contributed by atoms with Crippen molar-refractivity contribution in [1.82, 2.24) is 0 Å². The molecular weight excluding hydrogens is 845 g/mol. The van der Waals surface area contributed by atoms with Crippen LogP contribution in [-0.2, 0) is 37.5 Å². The summed E-state index contributed by atoms with van der Waals surface area (Å²) in [5.74, 6) is -2.39. The summed E-state index contributed by atoms with van der Waals surface area (Å²) in [4.78, 5) is 46.9. The van der Waals surface area contributed by atoms with Crippen LogP contribution in [0.2, 0.25) is 0 Å². The van der Waals surface area contributed by atoms with E-state index in [-0.39, 0.29) is 19.4 Å². The van der Waals surface area contributed by atoms with E-state index >= 15 is 0 Å². The fraction of sp³-hybridized carbons (Fsp3) is 0.925. The lowest BCUT2D eigenvalue weighted by atomic mass is 10.0. The summed E-state index contributed by atoms with van der Waals surface area (Å²) < 4.78 is 32.7. The summed E-state index contributed by atoms with van der Waals surface area (Å²) in [6, 6.07) is -1.52. The molecule has 0 heterocycles. The molecule has 0 bridgehead atoms. The van der Waals surface area contributed by atoms with Gasteiger partial charge in [-0.1, -0.05) is 187 Å². The van der Waals surface area contributed by atoms with E-state index < -0.39 is 51.1 Å². The number of rotatable bonds is 40. The number of nitrogens with two attached hydrogens (primary N) is 1. The van der Waals surface area contributed by atoms with Gasteiger partial charge in [-0.3, -0.25) is 23.4 Å². The number of aliphatic carboxylic acids is 1. The Labute approximate surface area is 344 Å². The van der Waals surface area contributed by atoms with Crippen LogP contribution in [0, 0.1) is 0 Å². The topological polar surface area (TPSA) is 172 Å². The maximum absolute atomic E-state index is 12.7. The SMILES string of the molecule is CCCCCCCCCCCCCCCC(=O)OC[C@H](COP(=O)(O)OC[C@H](N)C(=O)O)OC(=O)CCCCCCCC(Br)C(Br)CCCCCCCC. The van der Waals surface area contributed by atoms with Gasteiger partial charge in [0.2, 0.25) is 0 Å². The Morgan fingerprint density at radius 1 is 0.574 bits per heavy atom. The van der Waals surface area contributed by atoms with Gasteiger partial charge in [0.25, 0.3) is 0 Å². The van der Waals surface area contributed by atoms with E-state index in [9.17, 15) is 23.8 Å². The highest BCUT2D eigenvalue weighted by atomic mass is 79.9. The van der Waals surface area contributed by atoms with Gasteiger partial charge in [0, 0.05) is 22.5 Å². The zero-order valence-electron chi connectivity index (χ0n) is 33.7. The maximum Gasteiger partial charge on any atom is 0.472 e. The molecule has 0 aromatic rings. The number of ether oxygens (including phenoxy) is 2. The fourth-order valence-corrected chi connectivity index (χ4v) is 7.94. The van der Waals surface area contributed by atoms with E-state index in [1.165, 1.54) is 103 Å². The summed E-state index contributed by atoms with van der Waals surface area (Å²) in [5, 5.41) is 8.89. The molecule has 54 heavy (non-hydrogen) atoms. The van der Waals surface area contributed by atoms with Gasteiger partial charge in [0.15, 0.2) is 6.10 Å². The molecule has 0 saturated carbocycles. The number of carbonyl (C=O) groups is 3. The van der Waals surface area contributed by atoms with Gasteiger partial charge < -0.3 is 25.2 Å². The average molecular weight is 922 g/mol. The first-order valence-corrected chi connectivity index (χ1v) is 24.5. The number of phosphoric acid groups is 1. The van der Waals surface area contributed by atoms with Gasteiger partial charge in [-0.25, -0.2) is 4.57 Å². The smallest absolute Gasteiger partial charge is 0.472 e. The van der Waals surface area contributed by atoms with Gasteiger partial charge in [-0.2, -0.15) is 0 Å². The van der Waals surface area contributed by atoms with Crippen LogP contribution in [0.5, 0.6) is 0 Å². The van der Waals surface area contributed by atoms with Crippen molar-refractivity contribution in [2.24, 2.45) is 5.73 Å². The lowest BCUT2D eigenvalue weighted by Crippen LogP contribution is -2.34. The molecule has 11 nitrogen and oxygen atoms in total. The number of carboxylic acids is 1. The van der Waals surface area contributed by atoms with Crippen LogP contribution in [0.1, 0.15) is 194 Å². The maximum atomic E-state index is 12.7. The van der Waals surface area contributed by atoms with Crippen molar-refractivity contribution in [2.45, 2.75) is 215 Å². The molecule has 0 aromatic carbocycles. The second kappa shape index (κ2) is 36.8. The van der Waals surface area contributed by atoms with Crippen LogP contribution in [0.3, 0.4) is 0 Å². The van der Waals surface area contributed by atoms with Gasteiger partial charge in [0.05, 0.1) is 13.2 Å². The number of phosphoric ester groups is 1. The number of carbonyl (C=O) groups excluding carboxylic acids is 2. The number of hydrogen-bond acceptors (Lipinski definition) is 9. The van der Waals surface area contributed by atoms with Gasteiger partial charge in [-0.15, -0.1) is 0 Å². The minimum Gasteiger partial charge on any atom is -0.480 e. The quantitative estimate of drug-likeness (QED) is 0.0231. The average Bonchev–Trinajstić information content (AvgIpc) is 3.14. The van der Waals surface area contributed by atoms with E-state index in [0.717, 1.165) is 51.4 Å². The second-order valence-corrected chi connectivity index (χ2v) is 18.5. The van der Waals surface area contributed by atoms with E-state index in [2.05, 4.69) is 50.2 Å². The van der Waals surface area contributed by atoms with Crippen LogP contribution in [0.4, 0.5) is 0 Å². The molecule has 0 radical (unpaired) electrons. The fourth-order valence-electron chi connectivity index (χ4n) is 5.99. The van der Waals surface area contributed by atoms with Crippen molar-refractivity contribution in [3.8, 4) is 0 Å². The first-order valence-electron chi connectivity index (χ1n) is 21.1. The normalized spacial score (nSPS) is 14.9. The highest BCUT2D eigenvalue weighted by molar-refractivity contribution is 9.12. The highest BCUT2D eigenvalue weighted by Crippen LogP contribution is 2.43. The summed E-state index contributed by atoms with van der Waals surface area (Å²) in [6.45, 7) is 2.78. The predicted octanol–water partition coefficient (Wildman–Crippen LogP) is 11.5. The Bertz CT molecular complexity index is 979. The Balaban J connectivity index is 4.47.